The smallest absolute Gasteiger partial charge is 0.229 e. The van der Waals surface area contributed by atoms with Crippen LogP contribution in [-0.2, 0) is 10.9 Å². The van der Waals surface area contributed by atoms with Crippen molar-refractivity contribution in [1.82, 2.24) is 9.97 Å². The van der Waals surface area contributed by atoms with Gasteiger partial charge in [0.05, 0.1) is 11.4 Å². The van der Waals surface area contributed by atoms with Gasteiger partial charge in [-0.1, -0.05) is 12.1 Å². The molecule has 0 saturated heterocycles. The van der Waals surface area contributed by atoms with Crippen molar-refractivity contribution in [3.8, 4) is 0 Å². The highest BCUT2D eigenvalue weighted by molar-refractivity contribution is 7.73. The van der Waals surface area contributed by atoms with Crippen LogP contribution in [0.1, 0.15) is 0 Å². The molecular formula is C17H18N6O2S. The van der Waals surface area contributed by atoms with Crippen LogP contribution >= 0.6 is 0 Å². The maximum absolute atomic E-state index is 10.9. The summed E-state index contributed by atoms with van der Waals surface area (Å²) in [6, 6.07) is 16.1. The van der Waals surface area contributed by atoms with E-state index in [1.54, 1.807) is 36.5 Å². The Kier molecular flexibility index (Phi) is 5.18. The highest BCUT2D eigenvalue weighted by Gasteiger charge is 2.09. The Morgan fingerprint density at radius 1 is 1.00 bits per heavy atom. The van der Waals surface area contributed by atoms with Gasteiger partial charge in [0.25, 0.3) is 0 Å². The Balaban J connectivity index is 1.85. The summed E-state index contributed by atoms with van der Waals surface area (Å²) in [7, 11) is -0.882. The second-order valence-electron chi connectivity index (χ2n) is 5.43. The second kappa shape index (κ2) is 7.70. The van der Waals surface area contributed by atoms with Gasteiger partial charge in [-0.15, -0.1) is 0 Å². The lowest BCUT2D eigenvalue weighted by molar-refractivity contribution is 0.619. The molecule has 0 unspecified atom stereocenters. The number of benzene rings is 2. The molecule has 0 bridgehead atoms. The van der Waals surface area contributed by atoms with Gasteiger partial charge >= 0.3 is 0 Å². The van der Waals surface area contributed by atoms with Crippen molar-refractivity contribution in [2.75, 3.05) is 27.7 Å². The van der Waals surface area contributed by atoms with Crippen molar-refractivity contribution < 1.29 is 8.42 Å². The van der Waals surface area contributed by atoms with Crippen molar-refractivity contribution in [2.45, 2.75) is 0 Å². The van der Waals surface area contributed by atoms with E-state index in [0.29, 0.717) is 28.8 Å². The van der Waals surface area contributed by atoms with Crippen molar-refractivity contribution in [3.63, 3.8) is 0 Å². The molecule has 3 rings (SSSR count). The van der Waals surface area contributed by atoms with E-state index in [9.17, 15) is 8.42 Å². The molecule has 2 aromatic carbocycles. The minimum Gasteiger partial charge on any atom is -0.399 e. The Morgan fingerprint density at radius 3 is 2.38 bits per heavy atom. The summed E-state index contributed by atoms with van der Waals surface area (Å²) in [4.78, 5) is 10.6. The first kappa shape index (κ1) is 17.5. The van der Waals surface area contributed by atoms with Crippen LogP contribution < -0.4 is 20.7 Å². The van der Waals surface area contributed by atoms with Crippen LogP contribution in [0.15, 0.2) is 60.8 Å². The summed E-state index contributed by atoms with van der Waals surface area (Å²) in [5.74, 6) is 1.02. The quantitative estimate of drug-likeness (QED) is 0.389. The largest absolute Gasteiger partial charge is 0.399 e. The summed E-state index contributed by atoms with van der Waals surface area (Å²) < 4.78 is 24.3. The minimum absolute atomic E-state index is 0.347. The summed E-state index contributed by atoms with van der Waals surface area (Å²) >= 11 is 0. The molecule has 3 aromatic rings. The van der Waals surface area contributed by atoms with E-state index >= 15 is 0 Å². The van der Waals surface area contributed by atoms with E-state index in [0.717, 1.165) is 5.69 Å². The third kappa shape index (κ3) is 4.19. The molecule has 1 aromatic heterocycles. The van der Waals surface area contributed by atoms with Crippen molar-refractivity contribution in [1.29, 1.82) is 0 Å². The zero-order chi connectivity index (χ0) is 18.5. The van der Waals surface area contributed by atoms with Crippen LogP contribution in [0.4, 0.5) is 34.5 Å². The van der Waals surface area contributed by atoms with E-state index < -0.39 is 10.9 Å². The number of nitrogens with zero attached hydrogens (tertiary/aromatic N) is 3. The molecule has 0 fully saturated rings. The summed E-state index contributed by atoms with van der Waals surface area (Å²) in [6.45, 7) is 0. The number of nitrogens with two attached hydrogens (primary N) is 1. The van der Waals surface area contributed by atoms with Gasteiger partial charge in [-0.05, 0) is 42.5 Å². The molecule has 0 saturated carbocycles. The van der Waals surface area contributed by atoms with E-state index in [-0.39, 0.29) is 0 Å². The molecule has 0 amide bonds. The van der Waals surface area contributed by atoms with E-state index in [4.69, 9.17) is 5.73 Å². The van der Waals surface area contributed by atoms with E-state index in [1.807, 2.05) is 36.2 Å². The van der Waals surface area contributed by atoms with Crippen LogP contribution in [0.5, 0.6) is 0 Å². The topological polar surface area (TPSA) is 113 Å². The number of anilines is 6. The van der Waals surface area contributed by atoms with Gasteiger partial charge in [-0.25, -0.2) is 13.4 Å². The molecule has 26 heavy (non-hydrogen) atoms. The monoisotopic (exact) mass is 370 g/mol. The molecular weight excluding hydrogens is 352 g/mol. The zero-order valence-corrected chi connectivity index (χ0v) is 14.9. The Morgan fingerprint density at radius 2 is 1.69 bits per heavy atom. The third-order valence-electron chi connectivity index (χ3n) is 3.65. The van der Waals surface area contributed by atoms with E-state index in [1.165, 1.54) is 0 Å². The van der Waals surface area contributed by atoms with Gasteiger partial charge in [0, 0.05) is 24.6 Å². The number of aromatic nitrogens is 2. The lowest BCUT2D eigenvalue weighted by atomic mass is 10.2. The number of hydrogen-bond acceptors (Lipinski definition) is 7. The van der Waals surface area contributed by atoms with Crippen LogP contribution in [0.2, 0.25) is 0 Å². The molecule has 9 heteroatoms. The highest BCUT2D eigenvalue weighted by Crippen LogP contribution is 2.26. The fourth-order valence-corrected chi connectivity index (χ4v) is 2.73. The van der Waals surface area contributed by atoms with Gasteiger partial charge in [0.2, 0.25) is 16.8 Å². The fraction of sp³-hybridized carbons (Fsp3) is 0.0588. The number of thiol groups is 1. The maximum atomic E-state index is 10.9. The van der Waals surface area contributed by atoms with Crippen LogP contribution in [0.3, 0.4) is 0 Å². The van der Waals surface area contributed by atoms with Crippen molar-refractivity contribution >= 4 is 45.4 Å². The van der Waals surface area contributed by atoms with Crippen molar-refractivity contribution in [3.05, 3.63) is 60.8 Å². The first-order valence-electron chi connectivity index (χ1n) is 7.72. The number of para-hydroxylation sites is 2. The Labute approximate surface area is 152 Å². The normalized spacial score (nSPS) is 10.5. The molecule has 0 atom stereocenters. The third-order valence-corrected chi connectivity index (χ3v) is 4.07. The molecule has 0 aliphatic heterocycles. The average Bonchev–Trinajstić information content (AvgIpc) is 2.63. The Hall–Kier alpha value is -3.33. The first-order chi connectivity index (χ1) is 12.5. The predicted octanol–water partition coefficient (Wildman–Crippen LogP) is 2.51. The Bertz CT molecular complexity index is 967. The first-order valence-corrected chi connectivity index (χ1v) is 8.90. The number of nitrogens with one attached hydrogen (secondary N) is 2. The number of hydrogen-bond donors (Lipinski definition) is 4. The molecule has 0 aliphatic rings. The lowest BCUT2D eigenvalue weighted by Gasteiger charge is -2.19. The molecule has 134 valence electrons. The number of rotatable bonds is 6. The molecule has 0 spiro atoms. The predicted molar refractivity (Wildman–Crippen MR) is 105 cm³/mol. The zero-order valence-electron chi connectivity index (χ0n) is 14.0. The molecule has 0 aliphatic carbocycles. The molecule has 1 heterocycles. The fourth-order valence-electron chi connectivity index (χ4n) is 2.33. The maximum Gasteiger partial charge on any atom is 0.229 e. The van der Waals surface area contributed by atoms with E-state index in [2.05, 4.69) is 20.0 Å². The minimum atomic E-state index is -2.77. The van der Waals surface area contributed by atoms with Gasteiger partial charge < -0.3 is 16.0 Å². The lowest BCUT2D eigenvalue weighted by Crippen LogP contribution is -2.12. The van der Waals surface area contributed by atoms with Gasteiger partial charge in [0.15, 0.2) is 0 Å². The highest BCUT2D eigenvalue weighted by atomic mass is 32.2. The summed E-state index contributed by atoms with van der Waals surface area (Å²) in [5, 5.41) is 3.03. The molecule has 8 nitrogen and oxygen atoms in total. The second-order valence-corrected chi connectivity index (χ2v) is 6.17. The van der Waals surface area contributed by atoms with Gasteiger partial charge in [0.1, 0.15) is 5.82 Å². The van der Waals surface area contributed by atoms with Gasteiger partial charge in [-0.3, -0.25) is 4.72 Å². The van der Waals surface area contributed by atoms with Crippen LogP contribution in [0, 0.1) is 0 Å². The summed E-state index contributed by atoms with van der Waals surface area (Å²) in [5.41, 5.74) is 8.31. The number of nitrogen functional groups attached to an aromatic ring is 1. The standard InChI is InChI=1S/C17H18N6O2S/c1-23(13-8-6-12(18)7-9-13)16-10-11-19-17(21-16)20-14-4-2-3-5-15(14)22-26(24)25/h2-11,26H,18H2,1H3,(H,19,20,21)(H,22,24,25). The molecule has 0 radical (unpaired) electrons. The van der Waals surface area contributed by atoms with Crippen LogP contribution in [-0.4, -0.2) is 25.4 Å². The van der Waals surface area contributed by atoms with Gasteiger partial charge in [-0.2, -0.15) is 4.98 Å². The summed E-state index contributed by atoms with van der Waals surface area (Å²) in [6.07, 6.45) is 1.63. The van der Waals surface area contributed by atoms with Crippen molar-refractivity contribution in [2.24, 2.45) is 0 Å². The molecule has 4 N–H and O–H groups in total. The SMILES string of the molecule is CN(c1ccc(N)cc1)c1ccnc(Nc2ccccc2N[SH](=O)=O)n1. The average molecular weight is 370 g/mol. The van der Waals surface area contributed by atoms with Crippen LogP contribution in [0.25, 0.3) is 0 Å².